The number of amides is 2. The summed E-state index contributed by atoms with van der Waals surface area (Å²) in [6.45, 7) is 5.45. The number of halogens is 1. The number of anilines is 1. The molecule has 1 aliphatic heterocycles. The molecule has 130 valence electrons. The Hall–Kier alpha value is -1.60. The van der Waals surface area contributed by atoms with Gasteiger partial charge < -0.3 is 16.0 Å². The molecule has 8 heteroatoms. The molecule has 1 saturated heterocycles. The highest BCUT2D eigenvalue weighted by Crippen LogP contribution is 2.25. The maximum atomic E-state index is 11.9. The molecule has 0 aromatic carbocycles. The van der Waals surface area contributed by atoms with Crippen LogP contribution in [0.25, 0.3) is 0 Å². The van der Waals surface area contributed by atoms with Crippen LogP contribution in [0.5, 0.6) is 0 Å². The zero-order chi connectivity index (χ0) is 16.1. The number of nitrogens with zero attached hydrogens (tertiary/aromatic N) is 3. The van der Waals surface area contributed by atoms with Gasteiger partial charge in [-0.1, -0.05) is 13.8 Å². The third-order valence-electron chi connectivity index (χ3n) is 3.87. The molecule has 2 heterocycles. The predicted molar refractivity (Wildman–Crippen MR) is 91.5 cm³/mol. The first kappa shape index (κ1) is 19.4. The lowest BCUT2D eigenvalue weighted by atomic mass is 10.1. The van der Waals surface area contributed by atoms with Gasteiger partial charge >= 0.3 is 0 Å². The minimum atomic E-state index is -0.00984. The minimum Gasteiger partial charge on any atom is -0.341 e. The summed E-state index contributed by atoms with van der Waals surface area (Å²) in [7, 11) is 0. The molecule has 1 fully saturated rings. The average Bonchev–Trinajstić information content (AvgIpc) is 2.93. The maximum Gasteiger partial charge on any atom is 0.236 e. The molecule has 2 amide bonds. The highest BCUT2D eigenvalue weighted by molar-refractivity contribution is 5.89. The highest BCUT2D eigenvalue weighted by Gasteiger charge is 2.25. The molecule has 0 atom stereocenters. The summed E-state index contributed by atoms with van der Waals surface area (Å²) in [4.78, 5) is 25.3. The van der Waals surface area contributed by atoms with Gasteiger partial charge in [0.2, 0.25) is 11.8 Å². The number of aromatic nitrogens is 2. The van der Waals surface area contributed by atoms with E-state index >= 15 is 0 Å². The fourth-order valence-corrected chi connectivity index (χ4v) is 2.76. The van der Waals surface area contributed by atoms with Crippen molar-refractivity contribution >= 4 is 30.0 Å². The van der Waals surface area contributed by atoms with Gasteiger partial charge in [0.25, 0.3) is 0 Å². The lowest BCUT2D eigenvalue weighted by Gasteiger charge is -2.32. The maximum absolute atomic E-state index is 11.9. The fourth-order valence-electron chi connectivity index (χ4n) is 2.76. The number of nitrogens with two attached hydrogens (primary N) is 1. The summed E-state index contributed by atoms with van der Waals surface area (Å²) in [5.41, 5.74) is 5.39. The van der Waals surface area contributed by atoms with Crippen LogP contribution in [0.4, 0.5) is 5.82 Å². The number of carbonyl (C=O) groups is 2. The van der Waals surface area contributed by atoms with Gasteiger partial charge in [-0.25, -0.2) is 4.68 Å². The molecule has 23 heavy (non-hydrogen) atoms. The number of rotatable bonds is 5. The van der Waals surface area contributed by atoms with Gasteiger partial charge in [0.1, 0.15) is 5.82 Å². The molecule has 7 nitrogen and oxygen atoms in total. The van der Waals surface area contributed by atoms with Crippen LogP contribution in [0.3, 0.4) is 0 Å². The van der Waals surface area contributed by atoms with Gasteiger partial charge in [-0.05, 0) is 18.8 Å². The van der Waals surface area contributed by atoms with Crippen LogP contribution in [0.2, 0.25) is 0 Å². The van der Waals surface area contributed by atoms with Crippen LogP contribution in [0.1, 0.15) is 39.2 Å². The molecule has 0 bridgehead atoms. The first-order chi connectivity index (χ1) is 10.5. The summed E-state index contributed by atoms with van der Waals surface area (Å²) in [6, 6.07) is 2.02. The van der Waals surface area contributed by atoms with E-state index in [0.29, 0.717) is 25.4 Å². The first-order valence-electron chi connectivity index (χ1n) is 7.82. The Balaban J connectivity index is 0.00000264. The van der Waals surface area contributed by atoms with E-state index < -0.39 is 0 Å². The van der Waals surface area contributed by atoms with Crippen molar-refractivity contribution in [2.75, 3.05) is 25.0 Å². The SMILES string of the molecule is CC(C)CC(=O)Nc1ccnn1C1CCN(C(=O)CN)CC1.Cl. The van der Waals surface area contributed by atoms with E-state index in [-0.39, 0.29) is 36.8 Å². The van der Waals surface area contributed by atoms with Gasteiger partial charge in [0.15, 0.2) is 0 Å². The third-order valence-corrected chi connectivity index (χ3v) is 3.87. The number of carbonyl (C=O) groups excluding carboxylic acids is 2. The normalized spacial score (nSPS) is 15.4. The Kier molecular flexibility index (Phi) is 7.51. The third kappa shape index (κ3) is 5.21. The zero-order valence-corrected chi connectivity index (χ0v) is 14.5. The van der Waals surface area contributed by atoms with Gasteiger partial charge in [0.05, 0.1) is 18.8 Å². The molecule has 0 aliphatic carbocycles. The largest absolute Gasteiger partial charge is 0.341 e. The average molecular weight is 344 g/mol. The Bertz CT molecular complexity index is 524. The van der Waals surface area contributed by atoms with Crippen LogP contribution >= 0.6 is 12.4 Å². The van der Waals surface area contributed by atoms with E-state index in [1.165, 1.54) is 0 Å². The second-order valence-electron chi connectivity index (χ2n) is 6.12. The second kappa shape index (κ2) is 8.88. The zero-order valence-electron chi connectivity index (χ0n) is 13.7. The number of hydrogen-bond acceptors (Lipinski definition) is 4. The Labute approximate surface area is 143 Å². The first-order valence-corrected chi connectivity index (χ1v) is 7.82. The van der Waals surface area contributed by atoms with Crippen LogP contribution < -0.4 is 11.1 Å². The molecule has 0 saturated carbocycles. The summed E-state index contributed by atoms with van der Waals surface area (Å²) in [6.07, 6.45) is 3.83. The number of nitrogens with one attached hydrogen (secondary N) is 1. The Morgan fingerprint density at radius 1 is 1.39 bits per heavy atom. The second-order valence-corrected chi connectivity index (χ2v) is 6.12. The smallest absolute Gasteiger partial charge is 0.236 e. The van der Waals surface area contributed by atoms with Crippen molar-refractivity contribution in [1.29, 1.82) is 0 Å². The van der Waals surface area contributed by atoms with Gasteiger partial charge in [0, 0.05) is 25.6 Å². The summed E-state index contributed by atoms with van der Waals surface area (Å²) in [5, 5.41) is 7.26. The molecule has 0 spiro atoms. The van der Waals surface area contributed by atoms with Crippen molar-refractivity contribution in [2.45, 2.75) is 39.2 Å². The van der Waals surface area contributed by atoms with Crippen LogP contribution in [0, 0.1) is 5.92 Å². The molecule has 0 unspecified atom stereocenters. The van der Waals surface area contributed by atoms with E-state index in [1.54, 1.807) is 11.1 Å². The molecule has 1 aromatic heterocycles. The molecule has 1 aliphatic rings. The monoisotopic (exact) mass is 343 g/mol. The van der Waals surface area contributed by atoms with Gasteiger partial charge in [-0.3, -0.25) is 9.59 Å². The fraction of sp³-hybridized carbons (Fsp3) is 0.667. The van der Waals surface area contributed by atoms with Crippen LogP contribution in [-0.2, 0) is 9.59 Å². The van der Waals surface area contributed by atoms with E-state index in [4.69, 9.17) is 5.73 Å². The van der Waals surface area contributed by atoms with Gasteiger partial charge in [-0.15, -0.1) is 12.4 Å². The highest BCUT2D eigenvalue weighted by atomic mass is 35.5. The van der Waals surface area contributed by atoms with Crippen molar-refractivity contribution in [3.05, 3.63) is 12.3 Å². The van der Waals surface area contributed by atoms with E-state index in [2.05, 4.69) is 10.4 Å². The Morgan fingerprint density at radius 3 is 2.61 bits per heavy atom. The molecule has 0 radical (unpaired) electrons. The molecule has 1 aromatic rings. The van der Waals surface area contributed by atoms with Crippen molar-refractivity contribution in [3.8, 4) is 0 Å². The lowest BCUT2D eigenvalue weighted by Crippen LogP contribution is -2.42. The topological polar surface area (TPSA) is 93.2 Å². The van der Waals surface area contributed by atoms with Crippen molar-refractivity contribution < 1.29 is 9.59 Å². The predicted octanol–water partition coefficient (Wildman–Crippen LogP) is 1.41. The quantitative estimate of drug-likeness (QED) is 0.845. The van der Waals surface area contributed by atoms with Crippen LogP contribution in [-0.4, -0.2) is 46.1 Å². The van der Waals surface area contributed by atoms with Crippen LogP contribution in [0.15, 0.2) is 12.3 Å². The molecular formula is C15H26ClN5O2. The lowest BCUT2D eigenvalue weighted by molar-refractivity contribution is -0.131. The molecular weight excluding hydrogens is 318 g/mol. The van der Waals surface area contributed by atoms with Gasteiger partial charge in [-0.2, -0.15) is 5.10 Å². The standard InChI is InChI=1S/C15H25N5O2.ClH/c1-11(2)9-14(21)18-13-3-6-17-20(13)12-4-7-19(8-5-12)15(22)10-16;/h3,6,11-12H,4-5,7-10,16H2,1-2H3,(H,18,21);1H. The van der Waals surface area contributed by atoms with Crippen molar-refractivity contribution in [3.63, 3.8) is 0 Å². The number of hydrogen-bond donors (Lipinski definition) is 2. The number of piperidine rings is 1. The number of likely N-dealkylation sites (tertiary alicyclic amines) is 1. The van der Waals surface area contributed by atoms with Crippen molar-refractivity contribution in [1.82, 2.24) is 14.7 Å². The molecule has 3 N–H and O–H groups in total. The summed E-state index contributed by atoms with van der Waals surface area (Å²) in [5.74, 6) is 1.05. The van der Waals surface area contributed by atoms with E-state index in [9.17, 15) is 9.59 Å². The Morgan fingerprint density at radius 2 is 2.04 bits per heavy atom. The van der Waals surface area contributed by atoms with E-state index in [1.807, 2.05) is 24.6 Å². The van der Waals surface area contributed by atoms with E-state index in [0.717, 1.165) is 18.7 Å². The minimum absolute atomic E-state index is 0. The molecule has 2 rings (SSSR count). The summed E-state index contributed by atoms with van der Waals surface area (Å²) < 4.78 is 1.86. The summed E-state index contributed by atoms with van der Waals surface area (Å²) >= 11 is 0. The van der Waals surface area contributed by atoms with Crippen molar-refractivity contribution in [2.24, 2.45) is 11.7 Å².